The first kappa shape index (κ1) is 24.3. The van der Waals surface area contributed by atoms with Gasteiger partial charge in [-0.2, -0.15) is 0 Å². The van der Waals surface area contributed by atoms with Crippen molar-refractivity contribution in [3.05, 3.63) is 34.2 Å². The standard InChI is InChI=1S/C28H46O/c1-17(2)16-28(19(5)6,20(7)8)24-21-14-12-13-15-22(21)26(29)25(27(9,10)11)23(24)18(3)4/h17-20,29H,12-15H2,1-11H3. The molecule has 0 fully saturated rings. The van der Waals surface area contributed by atoms with Gasteiger partial charge in [-0.05, 0) is 83.4 Å². The molecule has 0 saturated carbocycles. The summed E-state index contributed by atoms with van der Waals surface area (Å²) in [7, 11) is 0. The second-order valence-corrected chi connectivity index (χ2v) is 11.6. The van der Waals surface area contributed by atoms with Gasteiger partial charge in [0.2, 0.25) is 0 Å². The van der Waals surface area contributed by atoms with Gasteiger partial charge in [0.05, 0.1) is 0 Å². The first-order valence-corrected chi connectivity index (χ1v) is 12.0. The molecule has 0 atom stereocenters. The number of aromatic hydroxyl groups is 1. The Bertz CT molecular complexity index is 705. The molecule has 1 aromatic carbocycles. The third-order valence-electron chi connectivity index (χ3n) is 6.92. The van der Waals surface area contributed by atoms with E-state index in [1.807, 2.05) is 0 Å². The summed E-state index contributed by atoms with van der Waals surface area (Å²) < 4.78 is 0. The van der Waals surface area contributed by atoms with E-state index < -0.39 is 0 Å². The van der Waals surface area contributed by atoms with E-state index in [1.165, 1.54) is 40.7 Å². The van der Waals surface area contributed by atoms with Crippen LogP contribution in [0.15, 0.2) is 0 Å². The molecule has 1 aliphatic rings. The Morgan fingerprint density at radius 1 is 0.759 bits per heavy atom. The van der Waals surface area contributed by atoms with Crippen LogP contribution in [0.5, 0.6) is 5.75 Å². The molecule has 0 unspecified atom stereocenters. The van der Waals surface area contributed by atoms with Crippen molar-refractivity contribution >= 4 is 0 Å². The Kier molecular flexibility index (Phi) is 7.24. The van der Waals surface area contributed by atoms with E-state index in [9.17, 15) is 5.11 Å². The zero-order valence-electron chi connectivity index (χ0n) is 21.1. The molecular formula is C28H46O. The number of hydrogen-bond donors (Lipinski definition) is 1. The van der Waals surface area contributed by atoms with Crippen LogP contribution in [0.25, 0.3) is 0 Å². The maximum atomic E-state index is 11.5. The molecule has 1 N–H and O–H groups in total. The Labute approximate surface area is 181 Å². The van der Waals surface area contributed by atoms with Crippen LogP contribution in [0.3, 0.4) is 0 Å². The van der Waals surface area contributed by atoms with Gasteiger partial charge in [-0.3, -0.25) is 0 Å². The van der Waals surface area contributed by atoms with E-state index in [0.717, 1.165) is 12.8 Å². The van der Waals surface area contributed by atoms with Crippen LogP contribution >= 0.6 is 0 Å². The predicted molar refractivity (Wildman–Crippen MR) is 127 cm³/mol. The van der Waals surface area contributed by atoms with E-state index in [1.54, 1.807) is 0 Å². The Hall–Kier alpha value is -0.980. The van der Waals surface area contributed by atoms with Crippen LogP contribution in [0.1, 0.15) is 123 Å². The van der Waals surface area contributed by atoms with Crippen LogP contribution in [0, 0.1) is 24.2 Å². The Morgan fingerprint density at radius 2 is 1.24 bits per heavy atom. The predicted octanol–water partition coefficient (Wildman–Crippen LogP) is 7.98. The maximum Gasteiger partial charge on any atom is 0.123 e. The Balaban J connectivity index is 3.12. The SMILES string of the molecule is CC(C)[C]C(c1c2c(c(O)c(C(C)(C)C)c1C(C)C)CCCC2)(C(C)C)C(C)C. The smallest absolute Gasteiger partial charge is 0.123 e. The minimum absolute atomic E-state index is 0.0948. The van der Waals surface area contributed by atoms with Crippen molar-refractivity contribution < 1.29 is 5.11 Å². The van der Waals surface area contributed by atoms with Gasteiger partial charge in [-0.1, -0.05) is 76.2 Å². The summed E-state index contributed by atoms with van der Waals surface area (Å²) in [4.78, 5) is 0. The van der Waals surface area contributed by atoms with E-state index in [0.29, 0.717) is 29.4 Å². The van der Waals surface area contributed by atoms with Crippen molar-refractivity contribution in [2.24, 2.45) is 17.8 Å². The summed E-state index contributed by atoms with van der Waals surface area (Å²) >= 11 is 0. The molecule has 0 aromatic heterocycles. The summed E-state index contributed by atoms with van der Waals surface area (Å²) in [6.07, 6.45) is 8.56. The molecule has 1 aromatic rings. The maximum absolute atomic E-state index is 11.5. The zero-order valence-corrected chi connectivity index (χ0v) is 21.1. The van der Waals surface area contributed by atoms with Crippen LogP contribution in [0.4, 0.5) is 0 Å². The zero-order chi connectivity index (χ0) is 22.3. The topological polar surface area (TPSA) is 20.2 Å². The summed E-state index contributed by atoms with van der Waals surface area (Å²) in [5.41, 5.74) is 6.57. The van der Waals surface area contributed by atoms with Crippen molar-refractivity contribution in [2.45, 2.75) is 119 Å². The number of phenolic OH excluding ortho intramolecular Hbond substituents is 1. The molecule has 1 nitrogen and oxygen atoms in total. The highest BCUT2D eigenvalue weighted by molar-refractivity contribution is 5.62. The summed E-state index contributed by atoms with van der Waals surface area (Å²) in [6.45, 7) is 25.4. The molecule has 0 bridgehead atoms. The Morgan fingerprint density at radius 3 is 1.62 bits per heavy atom. The minimum atomic E-state index is -0.108. The van der Waals surface area contributed by atoms with Gasteiger partial charge in [-0.15, -0.1) is 0 Å². The number of hydrogen-bond acceptors (Lipinski definition) is 1. The van der Waals surface area contributed by atoms with Crippen molar-refractivity contribution in [3.8, 4) is 5.75 Å². The highest BCUT2D eigenvalue weighted by Gasteiger charge is 2.46. The largest absolute Gasteiger partial charge is 0.507 e. The number of benzene rings is 1. The summed E-state index contributed by atoms with van der Waals surface area (Å²) in [5, 5.41) is 11.5. The normalized spacial score (nSPS) is 15.7. The van der Waals surface area contributed by atoms with Crippen molar-refractivity contribution in [1.29, 1.82) is 0 Å². The lowest BCUT2D eigenvalue weighted by Gasteiger charge is -2.48. The molecule has 0 heterocycles. The van der Waals surface area contributed by atoms with Gasteiger partial charge in [0.25, 0.3) is 0 Å². The van der Waals surface area contributed by atoms with E-state index in [2.05, 4.69) is 82.6 Å². The van der Waals surface area contributed by atoms with Crippen LogP contribution in [-0.4, -0.2) is 5.11 Å². The molecular weight excluding hydrogens is 352 g/mol. The summed E-state index contributed by atoms with van der Waals surface area (Å²) in [5.74, 6) is 2.25. The fourth-order valence-electron chi connectivity index (χ4n) is 5.94. The molecule has 1 heteroatoms. The lowest BCUT2D eigenvalue weighted by molar-refractivity contribution is 0.237. The van der Waals surface area contributed by atoms with Gasteiger partial charge in [0.1, 0.15) is 5.75 Å². The molecule has 0 spiro atoms. The lowest BCUT2D eigenvalue weighted by Crippen LogP contribution is -2.43. The number of phenols is 1. The van der Waals surface area contributed by atoms with Gasteiger partial charge in [0, 0.05) is 11.0 Å². The van der Waals surface area contributed by atoms with E-state index in [-0.39, 0.29) is 10.8 Å². The van der Waals surface area contributed by atoms with Gasteiger partial charge >= 0.3 is 0 Å². The third-order valence-corrected chi connectivity index (χ3v) is 6.92. The molecule has 164 valence electrons. The number of rotatable bonds is 6. The molecule has 0 aliphatic heterocycles. The minimum Gasteiger partial charge on any atom is -0.507 e. The highest BCUT2D eigenvalue weighted by Crippen LogP contribution is 2.54. The third kappa shape index (κ3) is 4.26. The van der Waals surface area contributed by atoms with Crippen LogP contribution in [0.2, 0.25) is 0 Å². The van der Waals surface area contributed by atoms with Crippen molar-refractivity contribution in [2.75, 3.05) is 0 Å². The first-order valence-electron chi connectivity index (χ1n) is 12.0. The second kappa shape index (κ2) is 8.64. The van der Waals surface area contributed by atoms with Gasteiger partial charge in [0.15, 0.2) is 0 Å². The molecule has 0 amide bonds. The molecule has 2 radical (unpaired) electrons. The molecule has 1 aliphatic carbocycles. The molecule has 2 rings (SSSR count). The second-order valence-electron chi connectivity index (χ2n) is 11.6. The van der Waals surface area contributed by atoms with Crippen molar-refractivity contribution in [1.82, 2.24) is 0 Å². The molecule has 29 heavy (non-hydrogen) atoms. The van der Waals surface area contributed by atoms with Crippen LogP contribution < -0.4 is 0 Å². The van der Waals surface area contributed by atoms with Crippen LogP contribution in [-0.2, 0) is 23.7 Å². The van der Waals surface area contributed by atoms with Crippen molar-refractivity contribution in [3.63, 3.8) is 0 Å². The van der Waals surface area contributed by atoms with Gasteiger partial charge < -0.3 is 5.11 Å². The van der Waals surface area contributed by atoms with Gasteiger partial charge in [-0.25, -0.2) is 0 Å². The van der Waals surface area contributed by atoms with E-state index >= 15 is 0 Å². The van der Waals surface area contributed by atoms with E-state index in [4.69, 9.17) is 0 Å². The quantitative estimate of drug-likeness (QED) is 0.515. The average molecular weight is 399 g/mol. The average Bonchev–Trinajstić information content (AvgIpc) is 2.57. The monoisotopic (exact) mass is 398 g/mol. The fraction of sp³-hybridized carbons (Fsp3) is 0.750. The lowest BCUT2D eigenvalue weighted by atomic mass is 9.56. The molecule has 0 saturated heterocycles. The highest BCUT2D eigenvalue weighted by atomic mass is 16.3. The fourth-order valence-corrected chi connectivity index (χ4v) is 5.94. The summed E-state index contributed by atoms with van der Waals surface area (Å²) in [6, 6.07) is 0. The number of fused-ring (bicyclic) bond motifs is 1. The first-order chi connectivity index (χ1) is 13.3.